The highest BCUT2D eigenvalue weighted by molar-refractivity contribution is 7.87. The number of alkyl halides is 3. The highest BCUT2D eigenvalue weighted by Gasteiger charge is 2.70. The second-order valence-electron chi connectivity index (χ2n) is 15.4. The van der Waals surface area contributed by atoms with Crippen molar-refractivity contribution in [3.05, 3.63) is 24.0 Å². The van der Waals surface area contributed by atoms with Gasteiger partial charge in [-0.05, 0) is 122 Å². The SMILES string of the molecule is C=C(C)[C@@H]1CC[C@]2(CC)CC[C@]3(C)C(CC[C@@H]4[C@@]5(C)CC=C(OS(=O)(=O)C(F)(F)F)C(C)(C)[C@@H]5CC[C@]43C)[C@@H]12. The van der Waals surface area contributed by atoms with Crippen LogP contribution in [0.15, 0.2) is 24.0 Å². The van der Waals surface area contributed by atoms with E-state index in [4.69, 9.17) is 4.18 Å². The summed E-state index contributed by atoms with van der Waals surface area (Å²) in [4.78, 5) is 0. The highest BCUT2D eigenvalue weighted by atomic mass is 32.2. The van der Waals surface area contributed by atoms with Crippen molar-refractivity contribution in [3.8, 4) is 0 Å². The third-order valence-electron chi connectivity index (χ3n) is 13.9. The normalized spacial score (nSPS) is 47.2. The van der Waals surface area contributed by atoms with Gasteiger partial charge in [-0.2, -0.15) is 21.6 Å². The van der Waals surface area contributed by atoms with Gasteiger partial charge in [-0.3, -0.25) is 0 Å². The smallest absolute Gasteiger partial charge is 0.380 e. The molecule has 0 radical (unpaired) electrons. The van der Waals surface area contributed by atoms with Gasteiger partial charge in [-0.1, -0.05) is 60.1 Å². The van der Waals surface area contributed by atoms with Crippen LogP contribution in [0.5, 0.6) is 0 Å². The lowest BCUT2D eigenvalue weighted by molar-refractivity contribution is -0.229. The number of hydrogen-bond acceptors (Lipinski definition) is 3. The summed E-state index contributed by atoms with van der Waals surface area (Å²) in [5.74, 6) is 2.41. The van der Waals surface area contributed by atoms with Crippen molar-refractivity contribution >= 4 is 10.1 Å². The maximum Gasteiger partial charge on any atom is 0.534 e. The van der Waals surface area contributed by atoms with Crippen molar-refractivity contribution in [1.82, 2.24) is 0 Å². The lowest BCUT2D eigenvalue weighted by atomic mass is 9.32. The average molecular weight is 571 g/mol. The van der Waals surface area contributed by atoms with Gasteiger partial charge >= 0.3 is 15.6 Å². The summed E-state index contributed by atoms with van der Waals surface area (Å²) >= 11 is 0. The Hall–Kier alpha value is -0.980. The van der Waals surface area contributed by atoms with Crippen molar-refractivity contribution in [2.75, 3.05) is 0 Å². The molecule has 1 unspecified atom stereocenters. The molecule has 4 saturated carbocycles. The molecular weight excluding hydrogens is 521 g/mol. The first kappa shape index (κ1) is 29.5. The van der Waals surface area contributed by atoms with Crippen molar-refractivity contribution in [2.45, 2.75) is 118 Å². The Kier molecular flexibility index (Phi) is 6.63. The topological polar surface area (TPSA) is 43.4 Å². The van der Waals surface area contributed by atoms with Crippen LogP contribution in [-0.2, 0) is 14.3 Å². The minimum Gasteiger partial charge on any atom is -0.380 e. The van der Waals surface area contributed by atoms with Crippen LogP contribution in [0.3, 0.4) is 0 Å². The lowest BCUT2D eigenvalue weighted by Crippen LogP contribution is -2.65. The largest absolute Gasteiger partial charge is 0.534 e. The van der Waals surface area contributed by atoms with Gasteiger partial charge in [0.2, 0.25) is 0 Å². The Morgan fingerprint density at radius 1 is 0.974 bits per heavy atom. The molecule has 0 aromatic rings. The molecule has 0 bridgehead atoms. The molecule has 4 fully saturated rings. The third-order valence-corrected chi connectivity index (χ3v) is 14.9. The highest BCUT2D eigenvalue weighted by Crippen LogP contribution is 2.77. The fourth-order valence-electron chi connectivity index (χ4n) is 11.8. The zero-order valence-corrected chi connectivity index (χ0v) is 25.8. The molecule has 0 spiro atoms. The van der Waals surface area contributed by atoms with Crippen molar-refractivity contribution in [2.24, 2.45) is 56.7 Å². The molecule has 0 aromatic heterocycles. The summed E-state index contributed by atoms with van der Waals surface area (Å²) in [5.41, 5.74) is -4.24. The standard InChI is InChI=1S/C32H49F3O3S/c1-9-31-17-12-21(20(2)3)26(31)22-10-11-24-28(6)15-14-25(38-39(36,37)32(33,34)35)27(4,5)23(28)13-16-30(24,8)29(22,7)18-19-31/h14,21-24,26H,2,9-13,15-19H2,1,3-8H3/t21-,22?,23-,24+,26+,28-,29+,30+,31+/m0/s1. The molecule has 5 rings (SSSR count). The van der Waals surface area contributed by atoms with Gasteiger partial charge in [0, 0.05) is 5.41 Å². The Balaban J connectivity index is 1.51. The number of fused-ring (bicyclic) bond motifs is 7. The Labute approximate surface area is 234 Å². The first-order valence-corrected chi connectivity index (χ1v) is 16.6. The molecule has 3 nitrogen and oxygen atoms in total. The van der Waals surface area contributed by atoms with Crippen LogP contribution in [0.1, 0.15) is 113 Å². The van der Waals surface area contributed by atoms with Crippen LogP contribution in [0.4, 0.5) is 13.2 Å². The van der Waals surface area contributed by atoms with Gasteiger partial charge in [-0.25, -0.2) is 0 Å². The van der Waals surface area contributed by atoms with Crippen molar-refractivity contribution < 1.29 is 25.8 Å². The predicted molar refractivity (Wildman–Crippen MR) is 149 cm³/mol. The molecule has 0 heterocycles. The molecule has 7 heteroatoms. The Bertz CT molecular complexity index is 1170. The lowest BCUT2D eigenvalue weighted by Gasteiger charge is -2.72. The van der Waals surface area contributed by atoms with Gasteiger partial charge in [0.15, 0.2) is 0 Å². The summed E-state index contributed by atoms with van der Waals surface area (Å²) in [6.07, 6.45) is 12.8. The Morgan fingerprint density at radius 3 is 2.23 bits per heavy atom. The minimum atomic E-state index is -5.69. The predicted octanol–water partition coefficient (Wildman–Crippen LogP) is 9.41. The van der Waals surface area contributed by atoms with E-state index in [1.165, 1.54) is 44.1 Å². The van der Waals surface area contributed by atoms with E-state index in [2.05, 4.69) is 41.2 Å². The molecule has 0 saturated heterocycles. The second-order valence-corrected chi connectivity index (χ2v) is 16.9. The van der Waals surface area contributed by atoms with Crippen molar-refractivity contribution in [3.63, 3.8) is 0 Å². The Morgan fingerprint density at radius 2 is 1.64 bits per heavy atom. The first-order chi connectivity index (χ1) is 17.8. The summed E-state index contributed by atoms with van der Waals surface area (Å²) in [5, 5.41) is 0. The molecular formula is C32H49F3O3S. The molecule has 222 valence electrons. The summed E-state index contributed by atoms with van der Waals surface area (Å²) < 4.78 is 68.3. The minimum absolute atomic E-state index is 0.0357. The van der Waals surface area contributed by atoms with E-state index < -0.39 is 21.0 Å². The molecule has 5 aliphatic rings. The first-order valence-electron chi connectivity index (χ1n) is 15.2. The molecule has 0 N–H and O–H groups in total. The van der Waals surface area contributed by atoms with Gasteiger partial charge in [-0.15, -0.1) is 0 Å². The van der Waals surface area contributed by atoms with Crippen molar-refractivity contribution in [1.29, 1.82) is 0 Å². The van der Waals surface area contributed by atoms with E-state index in [9.17, 15) is 21.6 Å². The summed E-state index contributed by atoms with van der Waals surface area (Å²) in [6.45, 7) is 20.3. The summed E-state index contributed by atoms with van der Waals surface area (Å²) in [6, 6.07) is 0. The molecule has 39 heavy (non-hydrogen) atoms. The monoisotopic (exact) mass is 570 g/mol. The maximum atomic E-state index is 13.2. The third kappa shape index (κ3) is 3.82. The summed E-state index contributed by atoms with van der Waals surface area (Å²) in [7, 11) is -5.69. The van der Waals surface area contributed by atoms with Crippen LogP contribution in [0.25, 0.3) is 0 Å². The second kappa shape index (κ2) is 8.77. The van der Waals surface area contributed by atoms with Crippen LogP contribution in [-0.4, -0.2) is 13.9 Å². The molecule has 0 amide bonds. The van der Waals surface area contributed by atoms with E-state index >= 15 is 0 Å². The van der Waals surface area contributed by atoms with Crippen LogP contribution in [0, 0.1) is 56.7 Å². The average Bonchev–Trinajstić information content (AvgIpc) is 3.21. The van der Waals surface area contributed by atoms with Gasteiger partial charge < -0.3 is 4.18 Å². The quantitative estimate of drug-likeness (QED) is 0.192. The zero-order valence-electron chi connectivity index (χ0n) is 25.0. The molecule has 0 aliphatic heterocycles. The molecule has 5 aliphatic carbocycles. The maximum absolute atomic E-state index is 13.2. The van der Waals surface area contributed by atoms with Crippen LogP contribution in [0.2, 0.25) is 0 Å². The fourth-order valence-corrected chi connectivity index (χ4v) is 12.4. The molecule has 9 atom stereocenters. The van der Waals surface area contributed by atoms with E-state index in [0.29, 0.717) is 35.5 Å². The number of hydrogen-bond donors (Lipinski definition) is 0. The number of rotatable bonds is 4. The molecule has 0 aromatic carbocycles. The fraction of sp³-hybridized carbons (Fsp3) is 0.875. The van der Waals surface area contributed by atoms with Gasteiger partial charge in [0.25, 0.3) is 0 Å². The van der Waals surface area contributed by atoms with Gasteiger partial charge in [0.05, 0.1) is 0 Å². The van der Waals surface area contributed by atoms with Crippen LogP contribution < -0.4 is 0 Å². The van der Waals surface area contributed by atoms with E-state index in [1.807, 2.05) is 13.8 Å². The zero-order chi connectivity index (χ0) is 29.0. The van der Waals surface area contributed by atoms with Gasteiger partial charge in [0.1, 0.15) is 5.76 Å². The number of allylic oxidation sites excluding steroid dienone is 3. The van der Waals surface area contributed by atoms with Crippen LogP contribution >= 0.6 is 0 Å². The van der Waals surface area contributed by atoms with E-state index in [-0.39, 0.29) is 27.9 Å². The van der Waals surface area contributed by atoms with E-state index in [1.54, 1.807) is 6.08 Å². The number of halogens is 3. The van der Waals surface area contributed by atoms with E-state index in [0.717, 1.165) is 19.3 Å².